The third kappa shape index (κ3) is 2.63. The van der Waals surface area contributed by atoms with Gasteiger partial charge in [-0.05, 0) is 41.1 Å². The number of rotatable bonds is 2. The standard InChI is InChI=1S/C13H9BrN2O/c1-9-11(14)6-7-13(16-9)17-12-5-3-2-4-10(12)8-15/h2-7H,1H3. The van der Waals surface area contributed by atoms with Crippen molar-refractivity contribution < 1.29 is 4.74 Å². The summed E-state index contributed by atoms with van der Waals surface area (Å²) in [5.74, 6) is 0.998. The number of aryl methyl sites for hydroxylation is 1. The van der Waals surface area contributed by atoms with Crippen molar-refractivity contribution in [2.75, 3.05) is 0 Å². The fraction of sp³-hybridized carbons (Fsp3) is 0.0769. The van der Waals surface area contributed by atoms with Crippen LogP contribution in [0.3, 0.4) is 0 Å². The molecule has 3 nitrogen and oxygen atoms in total. The van der Waals surface area contributed by atoms with E-state index in [0.29, 0.717) is 17.2 Å². The van der Waals surface area contributed by atoms with E-state index in [-0.39, 0.29) is 0 Å². The molecule has 0 radical (unpaired) electrons. The molecule has 1 aromatic heterocycles. The molecule has 84 valence electrons. The van der Waals surface area contributed by atoms with Crippen molar-refractivity contribution in [3.63, 3.8) is 0 Å². The van der Waals surface area contributed by atoms with Crippen LogP contribution >= 0.6 is 15.9 Å². The van der Waals surface area contributed by atoms with Crippen molar-refractivity contribution in [1.29, 1.82) is 5.26 Å². The minimum Gasteiger partial charge on any atom is -0.438 e. The highest BCUT2D eigenvalue weighted by Crippen LogP contribution is 2.25. The first-order chi connectivity index (χ1) is 8.20. The van der Waals surface area contributed by atoms with Gasteiger partial charge < -0.3 is 4.74 Å². The van der Waals surface area contributed by atoms with Crippen molar-refractivity contribution in [2.24, 2.45) is 0 Å². The number of hydrogen-bond acceptors (Lipinski definition) is 3. The first kappa shape index (κ1) is 11.6. The third-order valence-electron chi connectivity index (χ3n) is 2.22. The average molecular weight is 289 g/mol. The summed E-state index contributed by atoms with van der Waals surface area (Å²) in [6.07, 6.45) is 0. The van der Waals surface area contributed by atoms with Crippen LogP contribution in [0.25, 0.3) is 0 Å². The quantitative estimate of drug-likeness (QED) is 0.844. The van der Waals surface area contributed by atoms with Crippen molar-refractivity contribution in [1.82, 2.24) is 4.98 Å². The van der Waals surface area contributed by atoms with Crippen LogP contribution in [-0.2, 0) is 0 Å². The summed E-state index contributed by atoms with van der Waals surface area (Å²) in [6.45, 7) is 1.88. The maximum Gasteiger partial charge on any atom is 0.219 e. The van der Waals surface area contributed by atoms with E-state index in [1.807, 2.05) is 19.1 Å². The van der Waals surface area contributed by atoms with Crippen LogP contribution in [0.15, 0.2) is 40.9 Å². The molecule has 1 heterocycles. The first-order valence-electron chi connectivity index (χ1n) is 5.01. The van der Waals surface area contributed by atoms with E-state index < -0.39 is 0 Å². The minimum atomic E-state index is 0.480. The van der Waals surface area contributed by atoms with Gasteiger partial charge in [0.25, 0.3) is 0 Å². The zero-order valence-electron chi connectivity index (χ0n) is 9.14. The third-order valence-corrected chi connectivity index (χ3v) is 3.06. The summed E-state index contributed by atoms with van der Waals surface area (Å²) < 4.78 is 6.51. The number of benzene rings is 1. The van der Waals surface area contributed by atoms with Crippen LogP contribution < -0.4 is 4.74 Å². The van der Waals surface area contributed by atoms with Gasteiger partial charge in [-0.3, -0.25) is 0 Å². The van der Waals surface area contributed by atoms with E-state index in [4.69, 9.17) is 10.00 Å². The normalized spacial score (nSPS) is 9.71. The molecule has 0 aliphatic carbocycles. The summed E-state index contributed by atoms with van der Waals surface area (Å²) >= 11 is 3.37. The Morgan fingerprint density at radius 3 is 2.71 bits per heavy atom. The van der Waals surface area contributed by atoms with Crippen LogP contribution in [0.1, 0.15) is 11.3 Å². The van der Waals surface area contributed by atoms with Gasteiger partial charge >= 0.3 is 0 Å². The van der Waals surface area contributed by atoms with E-state index in [1.54, 1.807) is 24.3 Å². The Bertz CT molecular complexity index is 590. The van der Waals surface area contributed by atoms with Gasteiger partial charge in [-0.15, -0.1) is 0 Å². The highest BCUT2D eigenvalue weighted by atomic mass is 79.9. The summed E-state index contributed by atoms with van der Waals surface area (Å²) in [6, 6.07) is 12.8. The van der Waals surface area contributed by atoms with E-state index in [2.05, 4.69) is 27.0 Å². The second-order valence-electron chi connectivity index (χ2n) is 3.43. The number of hydrogen-bond donors (Lipinski definition) is 0. The van der Waals surface area contributed by atoms with Gasteiger partial charge in [0.15, 0.2) is 0 Å². The molecule has 4 heteroatoms. The molecule has 2 aromatic rings. The Kier molecular flexibility index (Phi) is 3.40. The molecule has 0 spiro atoms. The molecule has 0 unspecified atom stereocenters. The summed E-state index contributed by atoms with van der Waals surface area (Å²) in [5, 5.41) is 8.94. The Balaban J connectivity index is 2.32. The molecule has 0 aliphatic rings. The molecule has 0 bridgehead atoms. The predicted molar refractivity (Wildman–Crippen MR) is 67.9 cm³/mol. The zero-order chi connectivity index (χ0) is 12.3. The zero-order valence-corrected chi connectivity index (χ0v) is 10.7. The molecule has 0 atom stereocenters. The molecule has 2 rings (SSSR count). The topological polar surface area (TPSA) is 45.9 Å². The number of pyridine rings is 1. The highest BCUT2D eigenvalue weighted by molar-refractivity contribution is 9.10. The number of nitriles is 1. The van der Waals surface area contributed by atoms with Crippen LogP contribution in [0.5, 0.6) is 11.6 Å². The van der Waals surface area contributed by atoms with Crippen LogP contribution in [0.4, 0.5) is 0 Å². The largest absolute Gasteiger partial charge is 0.438 e. The van der Waals surface area contributed by atoms with Gasteiger partial charge in [-0.2, -0.15) is 5.26 Å². The number of para-hydroxylation sites is 1. The lowest BCUT2D eigenvalue weighted by atomic mass is 10.2. The molecule has 0 amide bonds. The number of halogens is 1. The second-order valence-corrected chi connectivity index (χ2v) is 4.28. The lowest BCUT2D eigenvalue weighted by molar-refractivity contribution is 0.460. The number of aromatic nitrogens is 1. The summed E-state index contributed by atoms with van der Waals surface area (Å²) in [5.41, 5.74) is 1.34. The van der Waals surface area contributed by atoms with Gasteiger partial charge in [-0.25, -0.2) is 4.98 Å². The first-order valence-corrected chi connectivity index (χ1v) is 5.80. The van der Waals surface area contributed by atoms with Gasteiger partial charge in [0.2, 0.25) is 5.88 Å². The fourth-order valence-corrected chi connectivity index (χ4v) is 1.56. The molecule has 1 aromatic carbocycles. The van der Waals surface area contributed by atoms with E-state index in [1.165, 1.54) is 0 Å². The molecule has 0 aliphatic heterocycles. The smallest absolute Gasteiger partial charge is 0.219 e. The van der Waals surface area contributed by atoms with Gasteiger partial charge in [0.1, 0.15) is 11.8 Å². The molecule has 0 saturated heterocycles. The summed E-state index contributed by atoms with van der Waals surface area (Å²) in [7, 11) is 0. The average Bonchev–Trinajstić information content (AvgIpc) is 2.34. The van der Waals surface area contributed by atoms with Gasteiger partial charge in [0.05, 0.1) is 11.3 Å². The Hall–Kier alpha value is -1.86. The van der Waals surface area contributed by atoms with Crippen molar-refractivity contribution in [3.05, 3.63) is 52.1 Å². The monoisotopic (exact) mass is 288 g/mol. The number of ether oxygens (including phenoxy) is 1. The van der Waals surface area contributed by atoms with Gasteiger partial charge in [-0.1, -0.05) is 12.1 Å². The van der Waals surface area contributed by atoms with Crippen LogP contribution in [-0.4, -0.2) is 4.98 Å². The molecule has 17 heavy (non-hydrogen) atoms. The molecule has 0 saturated carbocycles. The Labute approximate surface area is 108 Å². The fourth-order valence-electron chi connectivity index (χ4n) is 1.34. The molecule has 0 N–H and O–H groups in total. The van der Waals surface area contributed by atoms with Crippen molar-refractivity contribution in [3.8, 4) is 17.7 Å². The lowest BCUT2D eigenvalue weighted by Crippen LogP contribution is -1.92. The predicted octanol–water partition coefficient (Wildman–Crippen LogP) is 3.82. The van der Waals surface area contributed by atoms with Crippen LogP contribution in [0.2, 0.25) is 0 Å². The Morgan fingerprint density at radius 1 is 1.24 bits per heavy atom. The van der Waals surface area contributed by atoms with Crippen LogP contribution in [0, 0.1) is 18.3 Å². The van der Waals surface area contributed by atoms with Crippen molar-refractivity contribution >= 4 is 15.9 Å². The van der Waals surface area contributed by atoms with Crippen molar-refractivity contribution in [2.45, 2.75) is 6.92 Å². The minimum absolute atomic E-state index is 0.480. The molecular weight excluding hydrogens is 280 g/mol. The summed E-state index contributed by atoms with van der Waals surface area (Å²) in [4.78, 5) is 4.26. The molecular formula is C13H9BrN2O. The van der Waals surface area contributed by atoms with E-state index in [0.717, 1.165) is 10.2 Å². The van der Waals surface area contributed by atoms with E-state index >= 15 is 0 Å². The molecule has 0 fully saturated rings. The highest BCUT2D eigenvalue weighted by Gasteiger charge is 2.05. The maximum atomic E-state index is 8.94. The maximum absolute atomic E-state index is 8.94. The SMILES string of the molecule is Cc1nc(Oc2ccccc2C#N)ccc1Br. The second kappa shape index (κ2) is 4.98. The number of nitrogens with zero attached hydrogens (tertiary/aromatic N) is 2. The van der Waals surface area contributed by atoms with Gasteiger partial charge in [0, 0.05) is 10.5 Å². The Morgan fingerprint density at radius 2 is 2.00 bits per heavy atom. The lowest BCUT2D eigenvalue weighted by Gasteiger charge is -2.07. The van der Waals surface area contributed by atoms with E-state index in [9.17, 15) is 0 Å².